The molecule has 1 heterocycles. The maximum absolute atomic E-state index is 12.6. The van der Waals surface area contributed by atoms with E-state index in [4.69, 9.17) is 9.47 Å². The van der Waals surface area contributed by atoms with Crippen LogP contribution in [0.25, 0.3) is 6.08 Å². The Kier molecular flexibility index (Phi) is 7.24. The molecule has 2 N–H and O–H groups in total. The number of imide groups is 2. The molecule has 170 valence electrons. The number of nitrogens with zero attached hydrogens (tertiary/aromatic N) is 1. The molecule has 0 bridgehead atoms. The Morgan fingerprint density at radius 3 is 2.52 bits per heavy atom. The Hall–Kier alpha value is -4.40. The maximum atomic E-state index is 12.6. The van der Waals surface area contributed by atoms with E-state index in [9.17, 15) is 19.2 Å². The van der Waals surface area contributed by atoms with Gasteiger partial charge in [-0.25, -0.2) is 4.79 Å². The molecule has 1 saturated heterocycles. The number of benzene rings is 2. The van der Waals surface area contributed by atoms with Crippen LogP contribution >= 0.6 is 0 Å². The molecule has 2 aromatic carbocycles. The number of amides is 5. The number of hydrogen-bond acceptors (Lipinski definition) is 6. The van der Waals surface area contributed by atoms with Crippen LogP contribution in [0.3, 0.4) is 0 Å². The van der Waals surface area contributed by atoms with Crippen molar-refractivity contribution < 1.29 is 28.7 Å². The van der Waals surface area contributed by atoms with Crippen LogP contribution in [-0.4, -0.2) is 42.3 Å². The molecule has 1 aliphatic heterocycles. The summed E-state index contributed by atoms with van der Waals surface area (Å²) in [5.41, 5.74) is 1.73. The van der Waals surface area contributed by atoms with E-state index in [0.717, 1.165) is 4.90 Å². The fraction of sp³-hybridized carbons (Fsp3) is 0.167. The number of carbonyl (C=O) groups is 4. The van der Waals surface area contributed by atoms with E-state index in [0.29, 0.717) is 28.3 Å². The second-order valence-electron chi connectivity index (χ2n) is 7.09. The molecule has 9 nitrogen and oxygen atoms in total. The number of urea groups is 1. The van der Waals surface area contributed by atoms with E-state index in [-0.39, 0.29) is 24.6 Å². The lowest BCUT2D eigenvalue weighted by atomic mass is 10.0. The van der Waals surface area contributed by atoms with Gasteiger partial charge in [0.15, 0.2) is 0 Å². The van der Waals surface area contributed by atoms with E-state index < -0.39 is 17.8 Å². The van der Waals surface area contributed by atoms with E-state index in [1.807, 2.05) is 0 Å². The fourth-order valence-corrected chi connectivity index (χ4v) is 3.16. The molecule has 0 atom stereocenters. The van der Waals surface area contributed by atoms with Gasteiger partial charge in [-0.3, -0.25) is 24.6 Å². The first-order valence-corrected chi connectivity index (χ1v) is 9.99. The van der Waals surface area contributed by atoms with Gasteiger partial charge in [0.25, 0.3) is 11.8 Å². The topological polar surface area (TPSA) is 114 Å². The summed E-state index contributed by atoms with van der Waals surface area (Å²) in [7, 11) is 1.52. The van der Waals surface area contributed by atoms with Gasteiger partial charge in [0.2, 0.25) is 5.91 Å². The van der Waals surface area contributed by atoms with Gasteiger partial charge in [0.1, 0.15) is 23.7 Å². The van der Waals surface area contributed by atoms with Crippen LogP contribution in [-0.2, 0) is 21.0 Å². The molecule has 0 spiro atoms. The number of methoxy groups -OCH3 is 1. The first-order chi connectivity index (χ1) is 15.8. The van der Waals surface area contributed by atoms with Crippen molar-refractivity contribution in [1.29, 1.82) is 0 Å². The molecule has 9 heteroatoms. The van der Waals surface area contributed by atoms with Crippen molar-refractivity contribution in [3.8, 4) is 11.5 Å². The quantitative estimate of drug-likeness (QED) is 0.364. The summed E-state index contributed by atoms with van der Waals surface area (Å²) in [6.45, 7) is 5.09. The van der Waals surface area contributed by atoms with Gasteiger partial charge in [-0.2, -0.15) is 0 Å². The van der Waals surface area contributed by atoms with Crippen LogP contribution < -0.4 is 20.1 Å². The molecular formula is C24H23N3O6. The largest absolute Gasteiger partial charge is 0.496 e. The Morgan fingerprint density at radius 1 is 1.15 bits per heavy atom. The summed E-state index contributed by atoms with van der Waals surface area (Å²) in [4.78, 5) is 48.8. The van der Waals surface area contributed by atoms with Gasteiger partial charge in [0.05, 0.1) is 7.11 Å². The molecule has 1 aliphatic rings. The van der Waals surface area contributed by atoms with Crippen molar-refractivity contribution in [3.63, 3.8) is 0 Å². The monoisotopic (exact) mass is 449 g/mol. The molecule has 0 aromatic heterocycles. The lowest BCUT2D eigenvalue weighted by molar-refractivity contribution is -0.129. The van der Waals surface area contributed by atoms with E-state index in [1.54, 1.807) is 42.5 Å². The predicted molar refractivity (Wildman–Crippen MR) is 121 cm³/mol. The summed E-state index contributed by atoms with van der Waals surface area (Å²) < 4.78 is 11.2. The molecule has 2 aromatic rings. The SMILES string of the molecule is C=CCN1C(=O)NC(=O)/C(=C/c2ccc(OC)c(COc3ccc(NC(C)=O)cc3)c2)C1=O. The van der Waals surface area contributed by atoms with Crippen LogP contribution in [0.1, 0.15) is 18.1 Å². The molecule has 1 fully saturated rings. The van der Waals surface area contributed by atoms with Crippen LogP contribution in [0.2, 0.25) is 0 Å². The molecule has 0 saturated carbocycles. The number of barbiturate groups is 1. The number of nitrogens with one attached hydrogen (secondary N) is 2. The first-order valence-electron chi connectivity index (χ1n) is 9.99. The minimum atomic E-state index is -0.782. The van der Waals surface area contributed by atoms with Crippen molar-refractivity contribution >= 4 is 35.5 Å². The fourth-order valence-electron chi connectivity index (χ4n) is 3.16. The van der Waals surface area contributed by atoms with Crippen molar-refractivity contribution in [2.24, 2.45) is 0 Å². The third-order valence-electron chi connectivity index (χ3n) is 4.68. The third-order valence-corrected chi connectivity index (χ3v) is 4.68. The maximum Gasteiger partial charge on any atom is 0.331 e. The van der Waals surface area contributed by atoms with Gasteiger partial charge >= 0.3 is 6.03 Å². The Morgan fingerprint density at radius 2 is 1.88 bits per heavy atom. The van der Waals surface area contributed by atoms with Crippen molar-refractivity contribution in [2.75, 3.05) is 19.0 Å². The van der Waals surface area contributed by atoms with Gasteiger partial charge in [0, 0.05) is 24.7 Å². The molecule has 0 unspecified atom stereocenters. The standard InChI is InChI=1S/C24H23N3O6/c1-4-11-27-23(30)20(22(29)26-24(27)31)13-16-5-10-21(32-3)17(12-16)14-33-19-8-6-18(7-9-19)25-15(2)28/h4-10,12-13H,1,11,14H2,2-3H3,(H,25,28)(H,26,29,31)/b20-13-. The highest BCUT2D eigenvalue weighted by atomic mass is 16.5. The smallest absolute Gasteiger partial charge is 0.331 e. The summed E-state index contributed by atoms with van der Waals surface area (Å²) >= 11 is 0. The molecule has 33 heavy (non-hydrogen) atoms. The zero-order valence-electron chi connectivity index (χ0n) is 18.2. The minimum absolute atomic E-state index is 0.0162. The molecular weight excluding hydrogens is 426 g/mol. The van der Waals surface area contributed by atoms with Gasteiger partial charge < -0.3 is 14.8 Å². The Bertz CT molecular complexity index is 1140. The van der Waals surface area contributed by atoms with Gasteiger partial charge in [-0.15, -0.1) is 6.58 Å². The average molecular weight is 449 g/mol. The van der Waals surface area contributed by atoms with Gasteiger partial charge in [-0.05, 0) is 48.0 Å². The number of ether oxygens (including phenoxy) is 2. The lowest BCUT2D eigenvalue weighted by Crippen LogP contribution is -2.54. The zero-order valence-corrected chi connectivity index (χ0v) is 18.2. The summed E-state index contributed by atoms with van der Waals surface area (Å²) in [6.07, 6.45) is 2.81. The molecule has 0 radical (unpaired) electrons. The normalized spacial score (nSPS) is 14.7. The van der Waals surface area contributed by atoms with Crippen LogP contribution in [0.5, 0.6) is 11.5 Å². The number of anilines is 1. The average Bonchev–Trinajstić information content (AvgIpc) is 2.78. The van der Waals surface area contributed by atoms with Crippen molar-refractivity contribution in [3.05, 3.63) is 71.8 Å². The van der Waals surface area contributed by atoms with Gasteiger partial charge in [-0.1, -0.05) is 12.1 Å². The molecule has 0 aliphatic carbocycles. The molecule has 3 rings (SSSR count). The summed E-state index contributed by atoms with van der Waals surface area (Å²) in [5.74, 6) is -0.485. The third kappa shape index (κ3) is 5.65. The Balaban J connectivity index is 1.81. The molecule has 5 amide bonds. The van der Waals surface area contributed by atoms with Crippen LogP contribution in [0.4, 0.5) is 10.5 Å². The summed E-state index contributed by atoms with van der Waals surface area (Å²) in [5, 5.41) is 4.83. The number of rotatable bonds is 8. The van der Waals surface area contributed by atoms with E-state index in [2.05, 4.69) is 17.2 Å². The number of carbonyl (C=O) groups excluding carboxylic acids is 4. The second-order valence-corrected chi connectivity index (χ2v) is 7.09. The van der Waals surface area contributed by atoms with Crippen molar-refractivity contribution in [2.45, 2.75) is 13.5 Å². The van der Waals surface area contributed by atoms with Crippen LogP contribution in [0, 0.1) is 0 Å². The van der Waals surface area contributed by atoms with E-state index >= 15 is 0 Å². The van der Waals surface area contributed by atoms with Crippen molar-refractivity contribution in [1.82, 2.24) is 10.2 Å². The second kappa shape index (κ2) is 10.3. The highest BCUT2D eigenvalue weighted by Crippen LogP contribution is 2.25. The van der Waals surface area contributed by atoms with Crippen LogP contribution in [0.15, 0.2) is 60.7 Å². The first kappa shape index (κ1) is 23.3. The zero-order chi connectivity index (χ0) is 24.0. The Labute approximate surface area is 190 Å². The summed E-state index contributed by atoms with van der Waals surface area (Å²) in [6, 6.07) is 11.2. The van der Waals surface area contributed by atoms with E-state index in [1.165, 1.54) is 26.2 Å². The number of hydrogen-bond donors (Lipinski definition) is 2. The lowest BCUT2D eigenvalue weighted by Gasteiger charge is -2.25. The highest BCUT2D eigenvalue weighted by molar-refractivity contribution is 6.31. The minimum Gasteiger partial charge on any atom is -0.496 e. The highest BCUT2D eigenvalue weighted by Gasteiger charge is 2.34. The predicted octanol–water partition coefficient (Wildman–Crippen LogP) is 2.88.